The minimum absolute atomic E-state index is 0.0411. The second-order valence-electron chi connectivity index (χ2n) is 10.2. The maximum atomic E-state index is 14.0. The summed E-state index contributed by atoms with van der Waals surface area (Å²) >= 11 is 7.00. The van der Waals surface area contributed by atoms with Gasteiger partial charge in [-0.25, -0.2) is 10.2 Å². The largest absolute Gasteiger partial charge is 0.508 e. The van der Waals surface area contributed by atoms with Crippen molar-refractivity contribution >= 4 is 51.2 Å². The van der Waals surface area contributed by atoms with Gasteiger partial charge in [-0.1, -0.05) is 13.8 Å². The number of carbonyl (C=O) groups excluding carboxylic acids is 2. The zero-order valence-electron chi connectivity index (χ0n) is 23.3. The van der Waals surface area contributed by atoms with E-state index in [1.54, 1.807) is 58.0 Å². The third-order valence-electron chi connectivity index (χ3n) is 6.24. The Morgan fingerprint density at radius 2 is 1.50 bits per heavy atom. The molecular formula is C27H35Br2N2O8P. The molecular weight excluding hydrogens is 671 g/mol. The number of hydrogen-bond acceptors (Lipinski definition) is 8. The molecule has 1 heterocycles. The number of halogens is 2. The summed E-state index contributed by atoms with van der Waals surface area (Å²) in [7, 11) is -3.70. The predicted octanol–water partition coefficient (Wildman–Crippen LogP) is 6.59. The van der Waals surface area contributed by atoms with Gasteiger partial charge in [-0.05, 0) is 95.8 Å². The normalized spacial score (nSPS) is 24.4. The molecule has 1 saturated heterocycles. The van der Waals surface area contributed by atoms with Gasteiger partial charge in [0.15, 0.2) is 12.1 Å². The SMILES string of the molecule is CCOC(=O)C1(C)CC(C)(C(=O)OCC)NP(=O)(COc2cc(Br)c(Oc3ccc(O)c(C(C)C)c3)c(Br)c2)N1. The first-order valence-corrected chi connectivity index (χ1v) is 16.3. The van der Waals surface area contributed by atoms with E-state index in [2.05, 4.69) is 42.0 Å². The Kier molecular flexibility index (Phi) is 10.4. The van der Waals surface area contributed by atoms with E-state index in [9.17, 15) is 19.3 Å². The van der Waals surface area contributed by atoms with E-state index in [4.69, 9.17) is 18.9 Å². The first-order chi connectivity index (χ1) is 18.6. The summed E-state index contributed by atoms with van der Waals surface area (Å²) in [6.45, 7) is 10.6. The van der Waals surface area contributed by atoms with E-state index >= 15 is 0 Å². The van der Waals surface area contributed by atoms with Gasteiger partial charge in [0.25, 0.3) is 0 Å². The summed E-state index contributed by atoms with van der Waals surface area (Å²) in [5.74, 6) is 0.392. The highest BCUT2D eigenvalue weighted by Gasteiger charge is 2.56. The van der Waals surface area contributed by atoms with E-state index in [0.717, 1.165) is 5.56 Å². The van der Waals surface area contributed by atoms with Crippen molar-refractivity contribution < 1.29 is 38.2 Å². The van der Waals surface area contributed by atoms with Crippen LogP contribution in [0.15, 0.2) is 39.3 Å². The average molecular weight is 706 g/mol. The molecule has 3 N–H and O–H groups in total. The second-order valence-corrected chi connectivity index (χ2v) is 14.1. The molecule has 1 fully saturated rings. The van der Waals surface area contributed by atoms with Gasteiger partial charge in [0.05, 0.1) is 22.2 Å². The first kappa shape index (κ1) is 32.4. The van der Waals surface area contributed by atoms with Gasteiger partial charge in [0.2, 0.25) is 7.44 Å². The molecule has 13 heteroatoms. The van der Waals surface area contributed by atoms with Crippen molar-refractivity contribution in [2.24, 2.45) is 0 Å². The third kappa shape index (κ3) is 7.39. The zero-order chi connectivity index (χ0) is 29.9. The van der Waals surface area contributed by atoms with Gasteiger partial charge in [-0.2, -0.15) is 0 Å². The predicted molar refractivity (Wildman–Crippen MR) is 158 cm³/mol. The highest BCUT2D eigenvalue weighted by molar-refractivity contribution is 9.11. The molecule has 2 aromatic carbocycles. The molecule has 2 unspecified atom stereocenters. The van der Waals surface area contributed by atoms with E-state index in [1.807, 2.05) is 13.8 Å². The Bertz CT molecular complexity index is 1260. The monoisotopic (exact) mass is 704 g/mol. The van der Waals surface area contributed by atoms with Crippen LogP contribution in [-0.2, 0) is 23.6 Å². The number of benzene rings is 2. The molecule has 10 nitrogen and oxygen atoms in total. The lowest BCUT2D eigenvalue weighted by atomic mass is 9.85. The minimum atomic E-state index is -3.70. The van der Waals surface area contributed by atoms with Crippen molar-refractivity contribution in [1.29, 1.82) is 0 Å². The molecule has 0 amide bonds. The summed E-state index contributed by atoms with van der Waals surface area (Å²) in [5.41, 5.74) is -2.11. The van der Waals surface area contributed by atoms with Gasteiger partial charge >= 0.3 is 11.9 Å². The summed E-state index contributed by atoms with van der Waals surface area (Å²) in [5, 5.41) is 15.9. The van der Waals surface area contributed by atoms with Gasteiger partial charge in [-0.15, -0.1) is 0 Å². The van der Waals surface area contributed by atoms with Crippen molar-refractivity contribution in [2.75, 3.05) is 19.6 Å². The quantitative estimate of drug-likeness (QED) is 0.184. The molecule has 220 valence electrons. The lowest BCUT2D eigenvalue weighted by molar-refractivity contribution is -0.156. The van der Waals surface area contributed by atoms with Crippen LogP contribution in [0.3, 0.4) is 0 Å². The number of ether oxygens (including phenoxy) is 4. The zero-order valence-corrected chi connectivity index (χ0v) is 27.4. The summed E-state index contributed by atoms with van der Waals surface area (Å²) < 4.78 is 37.5. The Morgan fingerprint density at radius 1 is 0.975 bits per heavy atom. The van der Waals surface area contributed by atoms with Crippen LogP contribution in [-0.4, -0.2) is 47.7 Å². The molecule has 0 saturated carbocycles. The van der Waals surface area contributed by atoms with E-state index in [-0.39, 0.29) is 37.6 Å². The van der Waals surface area contributed by atoms with Crippen LogP contribution in [0.1, 0.15) is 59.4 Å². The van der Waals surface area contributed by atoms with Gasteiger partial charge < -0.3 is 24.1 Å². The summed E-state index contributed by atoms with van der Waals surface area (Å²) in [6.07, 6.45) is -0.424. The lowest BCUT2D eigenvalue weighted by Gasteiger charge is -2.46. The van der Waals surface area contributed by atoms with Crippen molar-refractivity contribution in [3.8, 4) is 23.0 Å². The van der Waals surface area contributed by atoms with Crippen LogP contribution in [0, 0.1) is 0 Å². The Labute approximate surface area is 251 Å². The molecule has 0 bridgehead atoms. The number of carbonyl (C=O) groups is 2. The molecule has 0 aliphatic carbocycles. The molecule has 1 aliphatic rings. The van der Waals surface area contributed by atoms with E-state index in [0.29, 0.717) is 26.2 Å². The van der Waals surface area contributed by atoms with Crippen molar-refractivity contribution in [3.63, 3.8) is 0 Å². The van der Waals surface area contributed by atoms with Crippen molar-refractivity contribution in [2.45, 2.75) is 65.0 Å². The molecule has 0 spiro atoms. The highest BCUT2D eigenvalue weighted by atomic mass is 79.9. The second kappa shape index (κ2) is 12.8. The van der Waals surface area contributed by atoms with Crippen molar-refractivity contribution in [3.05, 3.63) is 44.8 Å². The van der Waals surface area contributed by atoms with Gasteiger partial charge in [-0.3, -0.25) is 14.2 Å². The van der Waals surface area contributed by atoms with Gasteiger partial charge in [0, 0.05) is 12.0 Å². The Balaban J connectivity index is 1.84. The number of rotatable bonds is 10. The van der Waals surface area contributed by atoms with Crippen LogP contribution in [0.25, 0.3) is 0 Å². The Morgan fingerprint density at radius 3 is 1.98 bits per heavy atom. The fraction of sp³-hybridized carbons (Fsp3) is 0.481. The molecule has 3 rings (SSSR count). The topological polar surface area (TPSA) is 132 Å². The average Bonchev–Trinajstić information content (AvgIpc) is 2.85. The van der Waals surface area contributed by atoms with Crippen LogP contribution < -0.4 is 19.6 Å². The fourth-order valence-electron chi connectivity index (χ4n) is 4.55. The number of aromatic hydroxyl groups is 1. The van der Waals surface area contributed by atoms with Crippen molar-refractivity contribution in [1.82, 2.24) is 10.2 Å². The lowest BCUT2D eigenvalue weighted by Crippen LogP contribution is -2.66. The highest BCUT2D eigenvalue weighted by Crippen LogP contribution is 2.49. The molecule has 2 aromatic rings. The first-order valence-electron chi connectivity index (χ1n) is 12.8. The maximum Gasteiger partial charge on any atom is 0.326 e. The minimum Gasteiger partial charge on any atom is -0.508 e. The number of esters is 2. The molecule has 0 aromatic heterocycles. The molecule has 40 heavy (non-hydrogen) atoms. The standard InChI is InChI=1S/C27H35Br2N2O8P/c1-7-36-24(33)26(5)14-27(6,25(34)37-8-2)31-40(35,30-26)15-38-18-12-20(28)23(21(29)13-18)39-17-9-10-22(32)19(11-17)16(3)4/h9-13,16,32H,7-8,14-15H2,1-6H3,(H2,30,31,35). The van der Waals surface area contributed by atoms with Crippen LogP contribution in [0.5, 0.6) is 23.0 Å². The van der Waals surface area contributed by atoms with Crippen LogP contribution in [0.2, 0.25) is 0 Å². The van der Waals surface area contributed by atoms with E-state index < -0.39 is 30.5 Å². The summed E-state index contributed by atoms with van der Waals surface area (Å²) in [4.78, 5) is 25.7. The fourth-order valence-corrected chi connectivity index (χ4v) is 8.31. The number of phenolic OH excluding ortho intramolecular Hbond substituents is 1. The summed E-state index contributed by atoms with van der Waals surface area (Å²) in [6, 6.07) is 8.32. The third-order valence-corrected chi connectivity index (χ3v) is 9.62. The maximum absolute atomic E-state index is 14.0. The smallest absolute Gasteiger partial charge is 0.326 e. The molecule has 1 aliphatic heterocycles. The molecule has 0 radical (unpaired) electrons. The number of phenols is 1. The van der Waals surface area contributed by atoms with Crippen LogP contribution >= 0.6 is 39.3 Å². The Hall–Kier alpha value is -2.11. The molecule has 2 atom stereocenters. The number of hydrogen-bond donors (Lipinski definition) is 3. The van der Waals surface area contributed by atoms with E-state index in [1.165, 1.54) is 0 Å². The van der Waals surface area contributed by atoms with Gasteiger partial charge in [0.1, 0.15) is 28.3 Å². The van der Waals surface area contributed by atoms with Crippen LogP contribution in [0.4, 0.5) is 0 Å². The number of nitrogens with one attached hydrogen (secondary N) is 2.